The summed E-state index contributed by atoms with van der Waals surface area (Å²) in [6.07, 6.45) is 2.28. The number of hydrogen-bond acceptors (Lipinski definition) is 2. The van der Waals surface area contributed by atoms with Crippen molar-refractivity contribution in [3.8, 4) is 0 Å². The highest BCUT2D eigenvalue weighted by atomic mass is 16.3. The molecule has 0 aromatic heterocycles. The number of unbranched alkanes of at least 4 members (excludes halogenated alkanes) is 1. The van der Waals surface area contributed by atoms with Crippen LogP contribution in [0.4, 0.5) is 0 Å². The van der Waals surface area contributed by atoms with Crippen LogP contribution >= 0.6 is 0 Å². The summed E-state index contributed by atoms with van der Waals surface area (Å²) in [6, 6.07) is 0. The fourth-order valence-corrected chi connectivity index (χ4v) is 0.745. The molecule has 1 N–H and O–H groups in total. The third kappa shape index (κ3) is 3.62. The number of Topliss-reactive ketones (excluding diaryl/α,β-unsaturated/α-hetero) is 1. The average molecular weight is 144 g/mol. The van der Waals surface area contributed by atoms with Crippen molar-refractivity contribution in [3.05, 3.63) is 0 Å². The Hall–Kier alpha value is -0.370. The van der Waals surface area contributed by atoms with Crippen molar-refractivity contribution in [1.29, 1.82) is 0 Å². The van der Waals surface area contributed by atoms with Crippen LogP contribution in [-0.2, 0) is 4.79 Å². The van der Waals surface area contributed by atoms with E-state index in [9.17, 15) is 4.79 Å². The van der Waals surface area contributed by atoms with E-state index >= 15 is 0 Å². The van der Waals surface area contributed by atoms with Gasteiger partial charge in [0.2, 0.25) is 0 Å². The van der Waals surface area contributed by atoms with E-state index in [4.69, 9.17) is 5.11 Å². The summed E-state index contributed by atoms with van der Waals surface area (Å²) < 4.78 is 0. The Kier molecular flexibility index (Phi) is 5.22. The Balaban J connectivity index is 3.42. The van der Waals surface area contributed by atoms with Gasteiger partial charge in [-0.05, 0) is 12.8 Å². The van der Waals surface area contributed by atoms with E-state index in [1.54, 1.807) is 0 Å². The minimum atomic E-state index is -0.716. The summed E-state index contributed by atoms with van der Waals surface area (Å²) in [6.45, 7) is 3.85. The van der Waals surface area contributed by atoms with Gasteiger partial charge in [-0.1, -0.05) is 20.3 Å². The van der Waals surface area contributed by atoms with Crippen molar-refractivity contribution < 1.29 is 9.90 Å². The van der Waals surface area contributed by atoms with Crippen molar-refractivity contribution in [2.75, 3.05) is 0 Å². The SMILES string of the molecule is CCCCC(=O)C(O)CC. The van der Waals surface area contributed by atoms with Gasteiger partial charge >= 0.3 is 0 Å². The molecule has 0 amide bonds. The molecule has 0 aromatic rings. The summed E-state index contributed by atoms with van der Waals surface area (Å²) >= 11 is 0. The molecule has 0 saturated heterocycles. The maximum absolute atomic E-state index is 10.9. The molecular formula is C8H16O2. The lowest BCUT2D eigenvalue weighted by atomic mass is 10.1. The zero-order chi connectivity index (χ0) is 7.98. The predicted octanol–water partition coefficient (Wildman–Crippen LogP) is 1.52. The van der Waals surface area contributed by atoms with E-state index in [1.807, 2.05) is 13.8 Å². The van der Waals surface area contributed by atoms with Crippen molar-refractivity contribution in [2.24, 2.45) is 0 Å². The average Bonchev–Trinajstić information content (AvgIpc) is 1.98. The number of aliphatic hydroxyl groups is 1. The number of aliphatic hydroxyl groups excluding tert-OH is 1. The highest BCUT2D eigenvalue weighted by Gasteiger charge is 2.10. The Morgan fingerprint density at radius 1 is 1.50 bits per heavy atom. The molecule has 0 aliphatic rings. The normalized spacial score (nSPS) is 13.1. The summed E-state index contributed by atoms with van der Waals surface area (Å²) in [4.78, 5) is 10.9. The summed E-state index contributed by atoms with van der Waals surface area (Å²) in [7, 11) is 0. The monoisotopic (exact) mass is 144 g/mol. The van der Waals surface area contributed by atoms with E-state index in [0.29, 0.717) is 12.8 Å². The van der Waals surface area contributed by atoms with E-state index in [1.165, 1.54) is 0 Å². The van der Waals surface area contributed by atoms with Crippen LogP contribution in [0.1, 0.15) is 39.5 Å². The van der Waals surface area contributed by atoms with E-state index < -0.39 is 6.10 Å². The zero-order valence-corrected chi connectivity index (χ0v) is 6.76. The van der Waals surface area contributed by atoms with Gasteiger partial charge in [0.15, 0.2) is 5.78 Å². The molecule has 0 heterocycles. The molecule has 0 fully saturated rings. The summed E-state index contributed by atoms with van der Waals surface area (Å²) in [5.74, 6) is -0.00986. The Morgan fingerprint density at radius 3 is 2.50 bits per heavy atom. The van der Waals surface area contributed by atoms with Crippen molar-refractivity contribution >= 4 is 5.78 Å². The second-order valence-electron chi connectivity index (χ2n) is 2.49. The highest BCUT2D eigenvalue weighted by molar-refractivity contribution is 5.82. The molecule has 2 heteroatoms. The molecule has 0 saturated carbocycles. The van der Waals surface area contributed by atoms with Gasteiger partial charge in [0.1, 0.15) is 6.10 Å². The number of carbonyl (C=O) groups excluding carboxylic acids is 1. The third-order valence-corrected chi connectivity index (χ3v) is 1.54. The number of ketones is 1. The molecule has 0 spiro atoms. The van der Waals surface area contributed by atoms with Gasteiger partial charge in [-0.3, -0.25) is 4.79 Å². The van der Waals surface area contributed by atoms with Crippen LogP contribution in [-0.4, -0.2) is 17.0 Å². The van der Waals surface area contributed by atoms with Gasteiger partial charge in [-0.15, -0.1) is 0 Å². The molecule has 1 atom stereocenters. The van der Waals surface area contributed by atoms with Crippen molar-refractivity contribution in [1.82, 2.24) is 0 Å². The van der Waals surface area contributed by atoms with E-state index in [-0.39, 0.29) is 5.78 Å². The first kappa shape index (κ1) is 9.63. The van der Waals surface area contributed by atoms with Gasteiger partial charge in [0, 0.05) is 6.42 Å². The first-order valence-corrected chi connectivity index (χ1v) is 3.93. The maximum atomic E-state index is 10.9. The van der Waals surface area contributed by atoms with E-state index in [2.05, 4.69) is 0 Å². The third-order valence-electron chi connectivity index (χ3n) is 1.54. The lowest BCUT2D eigenvalue weighted by Gasteiger charge is -2.04. The van der Waals surface area contributed by atoms with Crippen molar-refractivity contribution in [3.63, 3.8) is 0 Å². The van der Waals surface area contributed by atoms with Gasteiger partial charge in [0.05, 0.1) is 0 Å². The number of carbonyl (C=O) groups is 1. The minimum absolute atomic E-state index is 0.00986. The second kappa shape index (κ2) is 5.42. The van der Waals surface area contributed by atoms with Crippen LogP contribution in [0.2, 0.25) is 0 Å². The molecule has 0 aliphatic heterocycles. The van der Waals surface area contributed by atoms with Crippen LogP contribution < -0.4 is 0 Å². The zero-order valence-electron chi connectivity index (χ0n) is 6.76. The van der Waals surface area contributed by atoms with Crippen molar-refractivity contribution in [2.45, 2.75) is 45.6 Å². The maximum Gasteiger partial charge on any atom is 0.161 e. The predicted molar refractivity (Wildman–Crippen MR) is 40.8 cm³/mol. The molecule has 1 unspecified atom stereocenters. The number of rotatable bonds is 5. The second-order valence-corrected chi connectivity index (χ2v) is 2.49. The lowest BCUT2D eigenvalue weighted by molar-refractivity contribution is -0.127. The molecule has 0 aliphatic carbocycles. The quantitative estimate of drug-likeness (QED) is 0.635. The Labute approximate surface area is 62.2 Å². The number of hydrogen-bond donors (Lipinski definition) is 1. The van der Waals surface area contributed by atoms with Crippen LogP contribution in [0.15, 0.2) is 0 Å². The molecule has 0 rings (SSSR count). The van der Waals surface area contributed by atoms with Crippen LogP contribution in [0.3, 0.4) is 0 Å². The Bertz CT molecular complexity index is 99.4. The Morgan fingerprint density at radius 2 is 2.10 bits per heavy atom. The van der Waals surface area contributed by atoms with Crippen LogP contribution in [0, 0.1) is 0 Å². The molecule has 60 valence electrons. The fraction of sp³-hybridized carbons (Fsp3) is 0.875. The fourth-order valence-electron chi connectivity index (χ4n) is 0.745. The van der Waals surface area contributed by atoms with Gasteiger partial charge in [-0.2, -0.15) is 0 Å². The summed E-state index contributed by atoms with van der Waals surface area (Å²) in [5, 5.41) is 9.00. The first-order chi connectivity index (χ1) is 4.72. The molecule has 10 heavy (non-hydrogen) atoms. The molecule has 0 bridgehead atoms. The molecule has 0 radical (unpaired) electrons. The summed E-state index contributed by atoms with van der Waals surface area (Å²) in [5.41, 5.74) is 0. The smallest absolute Gasteiger partial charge is 0.161 e. The van der Waals surface area contributed by atoms with Gasteiger partial charge in [-0.25, -0.2) is 0 Å². The molecule has 0 aromatic carbocycles. The van der Waals surface area contributed by atoms with Crippen LogP contribution in [0.5, 0.6) is 0 Å². The molecule has 2 nitrogen and oxygen atoms in total. The van der Waals surface area contributed by atoms with Gasteiger partial charge < -0.3 is 5.11 Å². The molecular weight excluding hydrogens is 128 g/mol. The van der Waals surface area contributed by atoms with E-state index in [0.717, 1.165) is 12.8 Å². The topological polar surface area (TPSA) is 37.3 Å². The largest absolute Gasteiger partial charge is 0.385 e. The standard InChI is InChI=1S/C8H16O2/c1-3-5-6-8(10)7(9)4-2/h7,9H,3-6H2,1-2H3. The minimum Gasteiger partial charge on any atom is -0.385 e. The highest BCUT2D eigenvalue weighted by Crippen LogP contribution is 2.01. The van der Waals surface area contributed by atoms with Crippen LogP contribution in [0.25, 0.3) is 0 Å². The first-order valence-electron chi connectivity index (χ1n) is 3.93. The van der Waals surface area contributed by atoms with Gasteiger partial charge in [0.25, 0.3) is 0 Å². The lowest BCUT2D eigenvalue weighted by Crippen LogP contribution is -2.18.